The van der Waals surface area contributed by atoms with Gasteiger partial charge in [-0.2, -0.15) is 0 Å². The largest absolute Gasteiger partial charge is 0.481 e. The highest BCUT2D eigenvalue weighted by molar-refractivity contribution is 7.80. The van der Waals surface area contributed by atoms with Crippen molar-refractivity contribution in [2.75, 3.05) is 7.05 Å². The molecule has 1 rings (SSSR count). The number of carbonyl (C=O) groups excluding carboxylic acids is 1. The van der Waals surface area contributed by atoms with Crippen LogP contribution in [0.5, 0.6) is 0 Å². The normalized spacial score (nSPS) is 13.2. The molecule has 0 heterocycles. The van der Waals surface area contributed by atoms with Gasteiger partial charge in [0, 0.05) is 19.4 Å². The van der Waals surface area contributed by atoms with Gasteiger partial charge in [0.15, 0.2) is 0 Å². The molecular formula is C18H26N2O3S. The van der Waals surface area contributed by atoms with Crippen molar-refractivity contribution in [3.05, 3.63) is 35.9 Å². The average Bonchev–Trinajstić information content (AvgIpc) is 2.52. The predicted octanol–water partition coefficient (Wildman–Crippen LogP) is 2.40. The molecule has 0 fully saturated rings. The van der Waals surface area contributed by atoms with Gasteiger partial charge in [0.1, 0.15) is 6.04 Å². The minimum Gasteiger partial charge on any atom is -0.481 e. The lowest BCUT2D eigenvalue weighted by atomic mass is 9.93. The lowest BCUT2D eigenvalue weighted by molar-refractivity contribution is -0.137. The Morgan fingerprint density at radius 2 is 1.83 bits per heavy atom. The van der Waals surface area contributed by atoms with Crippen LogP contribution in [0.2, 0.25) is 0 Å². The van der Waals surface area contributed by atoms with E-state index in [0.717, 1.165) is 5.56 Å². The first-order chi connectivity index (χ1) is 11.3. The summed E-state index contributed by atoms with van der Waals surface area (Å²) in [5.74, 6) is -1.01. The van der Waals surface area contributed by atoms with Crippen molar-refractivity contribution in [1.29, 1.82) is 0 Å². The van der Waals surface area contributed by atoms with Gasteiger partial charge in [0.2, 0.25) is 5.91 Å². The molecule has 0 radical (unpaired) electrons. The second-order valence-corrected chi connectivity index (χ2v) is 6.73. The third-order valence-corrected chi connectivity index (χ3v) is 4.16. The number of benzene rings is 1. The maximum atomic E-state index is 12.2. The second-order valence-electron chi connectivity index (χ2n) is 6.29. The Morgan fingerprint density at radius 1 is 1.21 bits per heavy atom. The molecule has 1 aromatic carbocycles. The van der Waals surface area contributed by atoms with Crippen molar-refractivity contribution in [2.24, 2.45) is 11.8 Å². The number of nitrogens with one attached hydrogen (secondary N) is 2. The van der Waals surface area contributed by atoms with Gasteiger partial charge in [-0.3, -0.25) is 9.59 Å². The quantitative estimate of drug-likeness (QED) is 0.596. The zero-order valence-corrected chi connectivity index (χ0v) is 15.2. The number of likely N-dealkylation sites (N-methyl/N-ethyl adjacent to an activating group) is 1. The third-order valence-electron chi connectivity index (χ3n) is 3.71. The van der Waals surface area contributed by atoms with Crippen LogP contribution >= 0.6 is 12.2 Å². The minimum atomic E-state index is -0.885. The Morgan fingerprint density at radius 3 is 2.33 bits per heavy atom. The first-order valence-electron chi connectivity index (χ1n) is 8.11. The lowest BCUT2D eigenvalue weighted by Crippen LogP contribution is -2.48. The van der Waals surface area contributed by atoms with Gasteiger partial charge in [-0.25, -0.2) is 0 Å². The molecule has 5 nitrogen and oxygen atoms in total. The van der Waals surface area contributed by atoms with Gasteiger partial charge < -0.3 is 15.7 Å². The van der Waals surface area contributed by atoms with Crippen molar-refractivity contribution in [3.63, 3.8) is 0 Å². The zero-order valence-electron chi connectivity index (χ0n) is 14.4. The standard InChI is InChI=1S/C18H26N2O3S/c1-12(2)9-14(11-16(21)22)18(24)20-15(17(23)19-3)10-13-7-5-4-6-8-13/h4-8,12,14-15H,9-11H2,1-3H3,(H,19,23)(H,20,24)(H,21,22). The molecule has 1 amide bonds. The van der Waals surface area contributed by atoms with Gasteiger partial charge in [-0.15, -0.1) is 0 Å². The van der Waals surface area contributed by atoms with E-state index in [1.54, 1.807) is 7.05 Å². The topological polar surface area (TPSA) is 78.4 Å². The number of hydrogen-bond donors (Lipinski definition) is 3. The molecule has 2 unspecified atom stereocenters. The Kier molecular flexibility index (Phi) is 8.40. The SMILES string of the molecule is CNC(=O)C(Cc1ccccc1)NC(=S)C(CC(=O)O)CC(C)C. The molecule has 0 saturated heterocycles. The minimum absolute atomic E-state index is 0.0319. The Hall–Kier alpha value is -1.95. The van der Waals surface area contributed by atoms with Gasteiger partial charge in [0.05, 0.1) is 11.4 Å². The maximum Gasteiger partial charge on any atom is 0.304 e. The Bertz CT molecular complexity index is 561. The predicted molar refractivity (Wildman–Crippen MR) is 98.9 cm³/mol. The van der Waals surface area contributed by atoms with Gasteiger partial charge in [0.25, 0.3) is 0 Å². The van der Waals surface area contributed by atoms with E-state index in [1.165, 1.54) is 0 Å². The van der Waals surface area contributed by atoms with Gasteiger partial charge in [-0.05, 0) is 17.9 Å². The highest BCUT2D eigenvalue weighted by Gasteiger charge is 2.25. The van der Waals surface area contributed by atoms with Gasteiger partial charge >= 0.3 is 5.97 Å². The Balaban J connectivity index is 2.84. The van der Waals surface area contributed by atoms with E-state index in [9.17, 15) is 9.59 Å². The molecule has 3 N–H and O–H groups in total. The summed E-state index contributed by atoms with van der Waals surface area (Å²) in [5.41, 5.74) is 1.01. The van der Waals surface area contributed by atoms with Crippen molar-refractivity contribution in [3.8, 4) is 0 Å². The maximum absolute atomic E-state index is 12.2. The van der Waals surface area contributed by atoms with Crippen LogP contribution in [0, 0.1) is 11.8 Å². The first kappa shape index (κ1) is 20.1. The van der Waals surface area contributed by atoms with Gasteiger partial charge in [-0.1, -0.05) is 56.4 Å². The van der Waals surface area contributed by atoms with Crippen molar-refractivity contribution < 1.29 is 14.7 Å². The molecule has 132 valence electrons. The number of amides is 1. The summed E-state index contributed by atoms with van der Waals surface area (Å²) in [7, 11) is 1.58. The molecule has 0 bridgehead atoms. The molecule has 0 aromatic heterocycles. The summed E-state index contributed by atoms with van der Waals surface area (Å²) in [4.78, 5) is 23.7. The van der Waals surface area contributed by atoms with E-state index in [-0.39, 0.29) is 18.2 Å². The monoisotopic (exact) mass is 350 g/mol. The van der Waals surface area contributed by atoms with Crippen LogP contribution in [0.4, 0.5) is 0 Å². The van der Waals surface area contributed by atoms with Crippen molar-refractivity contribution in [1.82, 2.24) is 10.6 Å². The zero-order chi connectivity index (χ0) is 18.1. The first-order valence-corrected chi connectivity index (χ1v) is 8.52. The summed E-state index contributed by atoms with van der Waals surface area (Å²) in [5, 5.41) is 14.8. The van der Waals surface area contributed by atoms with Crippen LogP contribution < -0.4 is 10.6 Å². The Labute approximate surface area is 148 Å². The fourth-order valence-corrected chi connectivity index (χ4v) is 2.91. The molecular weight excluding hydrogens is 324 g/mol. The van der Waals surface area contributed by atoms with Crippen molar-refractivity contribution >= 4 is 29.1 Å². The van der Waals surface area contributed by atoms with Crippen LogP contribution in [0.1, 0.15) is 32.3 Å². The number of aliphatic carboxylic acids is 1. The number of carbonyl (C=O) groups is 2. The van der Waals surface area contributed by atoms with E-state index in [1.807, 2.05) is 44.2 Å². The van der Waals surface area contributed by atoms with Crippen LogP contribution in [0.15, 0.2) is 30.3 Å². The summed E-state index contributed by atoms with van der Waals surface area (Å²) < 4.78 is 0. The number of carboxylic acids is 1. The molecule has 24 heavy (non-hydrogen) atoms. The summed E-state index contributed by atoms with van der Waals surface area (Å²) in [6, 6.07) is 9.13. The molecule has 1 aromatic rings. The molecule has 0 spiro atoms. The van der Waals surface area contributed by atoms with Crippen molar-refractivity contribution in [2.45, 2.75) is 39.2 Å². The van der Waals surface area contributed by atoms with E-state index in [2.05, 4.69) is 10.6 Å². The highest BCUT2D eigenvalue weighted by atomic mass is 32.1. The van der Waals surface area contributed by atoms with Crippen LogP contribution in [-0.4, -0.2) is 35.1 Å². The second kappa shape index (κ2) is 10.0. The van der Waals surface area contributed by atoms with E-state index < -0.39 is 12.0 Å². The average molecular weight is 350 g/mol. The van der Waals surface area contributed by atoms with E-state index >= 15 is 0 Å². The molecule has 0 aliphatic rings. The summed E-state index contributed by atoms with van der Waals surface area (Å²) >= 11 is 5.42. The van der Waals surface area contributed by atoms with Crippen LogP contribution in [-0.2, 0) is 16.0 Å². The number of rotatable bonds is 9. The fourth-order valence-electron chi connectivity index (χ4n) is 2.59. The fraction of sp³-hybridized carbons (Fsp3) is 0.500. The highest BCUT2D eigenvalue weighted by Crippen LogP contribution is 2.17. The lowest BCUT2D eigenvalue weighted by Gasteiger charge is -2.24. The van der Waals surface area contributed by atoms with Crippen LogP contribution in [0.25, 0.3) is 0 Å². The number of thiocarbonyl (C=S) groups is 1. The number of carboxylic acid groups (broad SMARTS) is 1. The molecule has 0 aliphatic heterocycles. The summed E-state index contributed by atoms with van der Waals surface area (Å²) in [6.07, 6.45) is 1.13. The third kappa shape index (κ3) is 7.08. The number of hydrogen-bond acceptors (Lipinski definition) is 3. The molecule has 0 saturated carbocycles. The smallest absolute Gasteiger partial charge is 0.304 e. The van der Waals surface area contributed by atoms with E-state index in [0.29, 0.717) is 23.7 Å². The van der Waals surface area contributed by atoms with Crippen LogP contribution in [0.3, 0.4) is 0 Å². The molecule has 0 aliphatic carbocycles. The van der Waals surface area contributed by atoms with E-state index in [4.69, 9.17) is 17.3 Å². The summed E-state index contributed by atoms with van der Waals surface area (Å²) in [6.45, 7) is 4.05. The molecule has 6 heteroatoms. The molecule has 2 atom stereocenters.